The Morgan fingerprint density at radius 3 is 2.60 bits per heavy atom. The minimum Gasteiger partial charge on any atom is -0.480 e. The molecule has 0 aromatic heterocycles. The van der Waals surface area contributed by atoms with E-state index >= 15 is 0 Å². The zero-order chi connectivity index (χ0) is 15.3. The summed E-state index contributed by atoms with van der Waals surface area (Å²) >= 11 is 0. The molecule has 0 spiro atoms. The van der Waals surface area contributed by atoms with Crippen LogP contribution in [0.2, 0.25) is 0 Å². The first-order valence-corrected chi connectivity index (χ1v) is 5.98. The summed E-state index contributed by atoms with van der Waals surface area (Å²) in [6.45, 7) is 2.91. The van der Waals surface area contributed by atoms with Crippen LogP contribution >= 0.6 is 0 Å². The van der Waals surface area contributed by atoms with Crippen LogP contribution in [0, 0.1) is 11.3 Å². The number of carboxylic acids is 1. The Hall–Kier alpha value is -2.61. The van der Waals surface area contributed by atoms with E-state index in [1.54, 1.807) is 30.3 Å². The van der Waals surface area contributed by atoms with Gasteiger partial charge < -0.3 is 10.0 Å². The van der Waals surface area contributed by atoms with Gasteiger partial charge in [-0.25, -0.2) is 4.79 Å². The highest BCUT2D eigenvalue weighted by atomic mass is 16.4. The molecule has 0 radical (unpaired) electrons. The third kappa shape index (κ3) is 3.45. The van der Waals surface area contributed by atoms with Crippen LogP contribution in [0.1, 0.15) is 25.0 Å². The first-order valence-electron chi connectivity index (χ1n) is 5.98. The molecule has 0 bridgehead atoms. The van der Waals surface area contributed by atoms with Crippen LogP contribution in [0.5, 0.6) is 0 Å². The van der Waals surface area contributed by atoms with E-state index in [9.17, 15) is 9.59 Å². The van der Waals surface area contributed by atoms with Gasteiger partial charge in [-0.3, -0.25) is 4.79 Å². The van der Waals surface area contributed by atoms with Gasteiger partial charge in [0.15, 0.2) is 0 Å². The third-order valence-corrected chi connectivity index (χ3v) is 3.13. The predicted molar refractivity (Wildman–Crippen MR) is 74.7 cm³/mol. The molecule has 0 aliphatic rings. The number of amides is 1. The predicted octanol–water partition coefficient (Wildman–Crippen LogP) is 1.89. The highest BCUT2D eigenvalue weighted by Crippen LogP contribution is 2.14. The van der Waals surface area contributed by atoms with Crippen molar-refractivity contribution in [2.45, 2.75) is 19.4 Å². The lowest BCUT2D eigenvalue weighted by Gasteiger charge is -2.30. The van der Waals surface area contributed by atoms with Gasteiger partial charge in [0.1, 0.15) is 5.54 Å². The summed E-state index contributed by atoms with van der Waals surface area (Å²) in [5.41, 5.74) is -0.0756. The summed E-state index contributed by atoms with van der Waals surface area (Å²) in [6.07, 6.45) is 2.85. The van der Waals surface area contributed by atoms with Crippen LogP contribution in [-0.4, -0.2) is 34.5 Å². The molecule has 5 nitrogen and oxygen atoms in total. The number of carbonyl (C=O) groups is 2. The number of likely N-dealkylation sites (N-methyl/N-ethyl adjacent to an activating group) is 1. The smallest absolute Gasteiger partial charge is 0.329 e. The van der Waals surface area contributed by atoms with Crippen LogP contribution in [0.15, 0.2) is 30.3 Å². The van der Waals surface area contributed by atoms with Gasteiger partial charge in [0, 0.05) is 13.1 Å². The molecule has 0 saturated carbocycles. The number of aliphatic carboxylic acids is 1. The van der Waals surface area contributed by atoms with Crippen LogP contribution in [0.3, 0.4) is 0 Å². The molecule has 0 heterocycles. The van der Waals surface area contributed by atoms with Gasteiger partial charge in [0.25, 0.3) is 0 Å². The van der Waals surface area contributed by atoms with Crippen LogP contribution in [-0.2, 0) is 9.59 Å². The molecule has 1 rings (SSSR count). The molecule has 104 valence electrons. The van der Waals surface area contributed by atoms with E-state index in [2.05, 4.69) is 0 Å². The van der Waals surface area contributed by atoms with Crippen molar-refractivity contribution in [1.82, 2.24) is 4.90 Å². The second-order valence-corrected chi connectivity index (χ2v) is 4.83. The highest BCUT2D eigenvalue weighted by Gasteiger charge is 2.34. The fourth-order valence-corrected chi connectivity index (χ4v) is 1.41. The Balaban J connectivity index is 2.87. The van der Waals surface area contributed by atoms with E-state index in [1.807, 2.05) is 6.07 Å². The Kier molecular flexibility index (Phi) is 4.65. The quantitative estimate of drug-likeness (QED) is 0.849. The molecule has 0 aliphatic heterocycles. The number of hydrogen-bond donors (Lipinski definition) is 1. The van der Waals surface area contributed by atoms with E-state index < -0.39 is 17.4 Å². The number of carboxylic acid groups (broad SMARTS) is 1. The highest BCUT2D eigenvalue weighted by molar-refractivity contribution is 5.95. The van der Waals surface area contributed by atoms with Crippen molar-refractivity contribution in [3.8, 4) is 6.07 Å². The number of nitriles is 1. The van der Waals surface area contributed by atoms with Gasteiger partial charge in [0.05, 0.1) is 11.6 Å². The third-order valence-electron chi connectivity index (χ3n) is 3.13. The lowest BCUT2D eigenvalue weighted by molar-refractivity contribution is -0.153. The van der Waals surface area contributed by atoms with Crippen molar-refractivity contribution in [2.24, 2.45) is 0 Å². The molecular weight excluding hydrogens is 256 g/mol. The molecule has 1 N–H and O–H groups in total. The SMILES string of the molecule is CN(C(=O)C=Cc1cccc(C#N)c1)C(C)(C)C(=O)O. The lowest BCUT2D eigenvalue weighted by atomic mass is 10.0. The van der Waals surface area contributed by atoms with Crippen molar-refractivity contribution in [3.63, 3.8) is 0 Å². The second-order valence-electron chi connectivity index (χ2n) is 4.83. The molecule has 0 aliphatic carbocycles. The molecule has 1 amide bonds. The molecule has 1 aromatic rings. The van der Waals surface area contributed by atoms with Crippen molar-refractivity contribution < 1.29 is 14.7 Å². The molecule has 0 saturated heterocycles. The van der Waals surface area contributed by atoms with E-state index in [4.69, 9.17) is 10.4 Å². The first kappa shape index (κ1) is 15.4. The molecule has 20 heavy (non-hydrogen) atoms. The Morgan fingerprint density at radius 2 is 2.05 bits per heavy atom. The number of carbonyl (C=O) groups excluding carboxylic acids is 1. The maximum atomic E-state index is 11.9. The maximum Gasteiger partial charge on any atom is 0.329 e. The van der Waals surface area contributed by atoms with E-state index in [0.29, 0.717) is 11.1 Å². The zero-order valence-electron chi connectivity index (χ0n) is 11.6. The zero-order valence-corrected chi connectivity index (χ0v) is 11.6. The van der Waals surface area contributed by atoms with Crippen molar-refractivity contribution >= 4 is 18.0 Å². The maximum absolute atomic E-state index is 11.9. The summed E-state index contributed by atoms with van der Waals surface area (Å²) < 4.78 is 0. The second kappa shape index (κ2) is 6.02. The lowest BCUT2D eigenvalue weighted by Crippen LogP contribution is -2.50. The summed E-state index contributed by atoms with van der Waals surface area (Å²) in [7, 11) is 1.44. The number of nitrogens with zero attached hydrogens (tertiary/aromatic N) is 2. The minimum atomic E-state index is -1.28. The average Bonchev–Trinajstić information content (AvgIpc) is 2.43. The summed E-state index contributed by atoms with van der Waals surface area (Å²) in [5, 5.41) is 17.8. The Morgan fingerprint density at radius 1 is 1.40 bits per heavy atom. The van der Waals surface area contributed by atoms with Gasteiger partial charge in [-0.15, -0.1) is 0 Å². The Bertz CT molecular complexity index is 597. The fourth-order valence-electron chi connectivity index (χ4n) is 1.41. The summed E-state index contributed by atoms with van der Waals surface area (Å²) in [4.78, 5) is 24.2. The molecule has 0 fully saturated rings. The minimum absolute atomic E-state index is 0.417. The Labute approximate surface area is 117 Å². The van der Waals surface area contributed by atoms with E-state index in [0.717, 1.165) is 4.90 Å². The van der Waals surface area contributed by atoms with Gasteiger partial charge >= 0.3 is 5.97 Å². The van der Waals surface area contributed by atoms with Gasteiger partial charge in [-0.05, 0) is 37.6 Å². The van der Waals surface area contributed by atoms with E-state index in [-0.39, 0.29) is 0 Å². The van der Waals surface area contributed by atoms with Crippen LogP contribution < -0.4 is 0 Å². The first-order chi connectivity index (χ1) is 9.28. The van der Waals surface area contributed by atoms with Crippen molar-refractivity contribution in [2.75, 3.05) is 7.05 Å². The standard InChI is InChI=1S/C15H16N2O3/c1-15(2,14(19)20)17(3)13(18)8-7-11-5-4-6-12(9-11)10-16/h4-9H,1-3H3,(H,19,20). The fraction of sp³-hybridized carbons (Fsp3) is 0.267. The topological polar surface area (TPSA) is 81.4 Å². The van der Waals surface area contributed by atoms with E-state index in [1.165, 1.54) is 27.0 Å². The summed E-state index contributed by atoms with van der Waals surface area (Å²) in [6, 6.07) is 8.79. The molecule has 0 unspecified atom stereocenters. The normalized spacial score (nSPS) is 11.1. The monoisotopic (exact) mass is 272 g/mol. The van der Waals surface area contributed by atoms with Crippen LogP contribution in [0.4, 0.5) is 0 Å². The number of hydrogen-bond acceptors (Lipinski definition) is 3. The van der Waals surface area contributed by atoms with Gasteiger partial charge in [-0.2, -0.15) is 5.26 Å². The summed E-state index contributed by atoms with van der Waals surface area (Å²) in [5.74, 6) is -1.49. The average molecular weight is 272 g/mol. The van der Waals surface area contributed by atoms with Gasteiger partial charge in [-0.1, -0.05) is 12.1 Å². The molecular formula is C15H16N2O3. The largest absolute Gasteiger partial charge is 0.480 e. The van der Waals surface area contributed by atoms with Crippen molar-refractivity contribution in [3.05, 3.63) is 41.5 Å². The van der Waals surface area contributed by atoms with Gasteiger partial charge in [0.2, 0.25) is 5.91 Å². The molecule has 1 aromatic carbocycles. The number of rotatable bonds is 4. The van der Waals surface area contributed by atoms with Crippen molar-refractivity contribution in [1.29, 1.82) is 5.26 Å². The molecule has 5 heteroatoms. The van der Waals surface area contributed by atoms with Crippen LogP contribution in [0.25, 0.3) is 6.08 Å². The number of benzene rings is 1. The molecule has 0 atom stereocenters.